The van der Waals surface area contributed by atoms with Crippen molar-refractivity contribution in [3.05, 3.63) is 34.7 Å². The van der Waals surface area contributed by atoms with Crippen molar-refractivity contribution in [1.82, 2.24) is 15.0 Å². The molecule has 1 atom stereocenters. The maximum absolute atomic E-state index is 10.7. The number of anilines is 1. The zero-order valence-corrected chi connectivity index (χ0v) is 9.81. The van der Waals surface area contributed by atoms with Gasteiger partial charge in [0.1, 0.15) is 10.8 Å². The van der Waals surface area contributed by atoms with Gasteiger partial charge in [0, 0.05) is 17.8 Å². The smallest absolute Gasteiger partial charge is 0.355 e. The average Bonchev–Trinajstić information content (AvgIpc) is 2.79. The van der Waals surface area contributed by atoms with E-state index in [2.05, 4.69) is 20.3 Å². The van der Waals surface area contributed by atoms with Crippen molar-refractivity contribution in [1.29, 1.82) is 0 Å². The van der Waals surface area contributed by atoms with Crippen LogP contribution in [0.25, 0.3) is 0 Å². The van der Waals surface area contributed by atoms with Crippen LogP contribution in [0.2, 0.25) is 0 Å². The highest BCUT2D eigenvalue weighted by atomic mass is 32.1. The first-order chi connectivity index (χ1) is 8.16. The second-order valence-electron chi connectivity index (χ2n) is 3.33. The molecule has 0 aromatic carbocycles. The van der Waals surface area contributed by atoms with Gasteiger partial charge in [-0.2, -0.15) is 0 Å². The molecule has 0 fully saturated rings. The van der Waals surface area contributed by atoms with Crippen LogP contribution in [0.3, 0.4) is 0 Å². The summed E-state index contributed by atoms with van der Waals surface area (Å²) >= 11 is 1.30. The number of carbonyl (C=O) groups is 1. The first-order valence-corrected chi connectivity index (χ1v) is 5.76. The number of hydrogen-bond acceptors (Lipinski definition) is 6. The minimum absolute atomic E-state index is 0.0674. The fraction of sp³-hybridized carbons (Fsp3) is 0.200. The molecule has 88 valence electrons. The van der Waals surface area contributed by atoms with Crippen molar-refractivity contribution in [3.63, 3.8) is 0 Å². The molecule has 2 rings (SSSR count). The number of carboxylic acids is 1. The van der Waals surface area contributed by atoms with Crippen molar-refractivity contribution in [2.45, 2.75) is 13.0 Å². The van der Waals surface area contributed by atoms with Gasteiger partial charge in [-0.3, -0.25) is 4.98 Å². The maximum Gasteiger partial charge on any atom is 0.355 e. The van der Waals surface area contributed by atoms with E-state index in [1.807, 2.05) is 6.92 Å². The third-order valence-corrected chi connectivity index (χ3v) is 3.07. The summed E-state index contributed by atoms with van der Waals surface area (Å²) in [5.74, 6) is -0.383. The molecule has 0 saturated carbocycles. The Morgan fingerprint density at radius 1 is 1.53 bits per heavy atom. The van der Waals surface area contributed by atoms with Crippen molar-refractivity contribution in [2.75, 3.05) is 5.32 Å². The lowest BCUT2D eigenvalue weighted by Crippen LogP contribution is -2.08. The normalized spacial score (nSPS) is 12.1. The van der Waals surface area contributed by atoms with Crippen LogP contribution in [0.1, 0.15) is 28.5 Å². The maximum atomic E-state index is 10.7. The minimum Gasteiger partial charge on any atom is -0.476 e. The lowest BCUT2D eigenvalue weighted by atomic mass is 10.3. The number of nitrogens with zero attached hydrogens (tertiary/aromatic N) is 3. The number of nitrogens with one attached hydrogen (secondary N) is 1. The Hall–Kier alpha value is -2.02. The average molecular weight is 250 g/mol. The van der Waals surface area contributed by atoms with E-state index < -0.39 is 5.97 Å². The Morgan fingerprint density at radius 3 is 2.94 bits per heavy atom. The Labute approximate surface area is 101 Å². The number of hydrogen-bond donors (Lipinski definition) is 2. The van der Waals surface area contributed by atoms with Crippen molar-refractivity contribution >= 4 is 23.1 Å². The van der Waals surface area contributed by atoms with Crippen LogP contribution in [0.4, 0.5) is 5.82 Å². The fourth-order valence-corrected chi connectivity index (χ4v) is 2.04. The van der Waals surface area contributed by atoms with Crippen LogP contribution >= 0.6 is 11.3 Å². The molecule has 0 saturated heterocycles. The third kappa shape index (κ3) is 2.76. The van der Waals surface area contributed by atoms with Crippen molar-refractivity contribution in [2.24, 2.45) is 0 Å². The second kappa shape index (κ2) is 4.88. The predicted octanol–water partition coefficient (Wildman–Crippen LogP) is 1.80. The summed E-state index contributed by atoms with van der Waals surface area (Å²) in [6.07, 6.45) is 4.77. The van der Waals surface area contributed by atoms with Gasteiger partial charge in [-0.25, -0.2) is 14.8 Å². The molecule has 2 aromatic heterocycles. The molecule has 0 aliphatic rings. The lowest BCUT2D eigenvalue weighted by Gasteiger charge is -2.10. The molecule has 0 amide bonds. The second-order valence-corrected chi connectivity index (χ2v) is 4.22. The van der Waals surface area contributed by atoms with Gasteiger partial charge < -0.3 is 10.4 Å². The highest BCUT2D eigenvalue weighted by molar-refractivity contribution is 7.09. The van der Waals surface area contributed by atoms with Gasteiger partial charge in [0.25, 0.3) is 0 Å². The standard InChI is InChI=1S/C10H10N4O2S/c1-6(13-8-4-11-2-3-12-8)9-14-7(5-17-9)10(15)16/h2-6H,1H3,(H,12,13)(H,15,16). The van der Waals surface area contributed by atoms with Gasteiger partial charge in [-0.05, 0) is 6.92 Å². The first-order valence-electron chi connectivity index (χ1n) is 4.88. The lowest BCUT2D eigenvalue weighted by molar-refractivity contribution is 0.0691. The van der Waals surface area contributed by atoms with Gasteiger partial charge in [0.15, 0.2) is 5.69 Å². The van der Waals surface area contributed by atoms with Gasteiger partial charge in [-0.15, -0.1) is 11.3 Å². The van der Waals surface area contributed by atoms with E-state index in [1.165, 1.54) is 16.7 Å². The van der Waals surface area contributed by atoms with E-state index in [0.29, 0.717) is 10.8 Å². The van der Waals surface area contributed by atoms with Crippen LogP contribution in [0.15, 0.2) is 24.0 Å². The molecule has 2 aromatic rings. The largest absolute Gasteiger partial charge is 0.476 e. The summed E-state index contributed by atoms with van der Waals surface area (Å²) in [7, 11) is 0. The fourth-order valence-electron chi connectivity index (χ4n) is 1.24. The molecule has 0 radical (unpaired) electrons. The molecule has 1 unspecified atom stereocenters. The molecule has 0 spiro atoms. The van der Waals surface area contributed by atoms with Crippen molar-refractivity contribution in [3.8, 4) is 0 Å². The number of rotatable bonds is 4. The Morgan fingerprint density at radius 2 is 2.35 bits per heavy atom. The molecule has 17 heavy (non-hydrogen) atoms. The predicted molar refractivity (Wildman–Crippen MR) is 63.1 cm³/mol. The van der Waals surface area contributed by atoms with Crippen molar-refractivity contribution < 1.29 is 9.90 Å². The SMILES string of the molecule is CC(Nc1cnccn1)c1nc(C(=O)O)cs1. The zero-order chi connectivity index (χ0) is 12.3. The highest BCUT2D eigenvalue weighted by Gasteiger charge is 2.14. The van der Waals surface area contributed by atoms with Gasteiger partial charge in [-0.1, -0.05) is 0 Å². The molecule has 0 aliphatic carbocycles. The van der Waals surface area contributed by atoms with E-state index in [1.54, 1.807) is 18.6 Å². The third-order valence-electron chi connectivity index (χ3n) is 2.04. The Bertz CT molecular complexity index is 514. The molecule has 7 heteroatoms. The van der Waals surface area contributed by atoms with E-state index in [4.69, 9.17) is 5.11 Å². The van der Waals surface area contributed by atoms with E-state index in [9.17, 15) is 4.79 Å². The highest BCUT2D eigenvalue weighted by Crippen LogP contribution is 2.21. The summed E-state index contributed by atoms with van der Waals surface area (Å²) in [5.41, 5.74) is 0.0674. The number of aromatic nitrogens is 3. The van der Waals surface area contributed by atoms with Gasteiger partial charge in [0.05, 0.1) is 12.2 Å². The Kier molecular flexibility index (Phi) is 3.29. The quantitative estimate of drug-likeness (QED) is 0.860. The molecule has 6 nitrogen and oxygen atoms in total. The minimum atomic E-state index is -1.01. The molecule has 0 aliphatic heterocycles. The van der Waals surface area contributed by atoms with Gasteiger partial charge >= 0.3 is 5.97 Å². The molecule has 2 N–H and O–H groups in total. The number of thiazole rings is 1. The topological polar surface area (TPSA) is 88.0 Å². The monoisotopic (exact) mass is 250 g/mol. The molecular formula is C10H10N4O2S. The number of carboxylic acid groups (broad SMARTS) is 1. The summed E-state index contributed by atoms with van der Waals surface area (Å²) in [4.78, 5) is 22.7. The summed E-state index contributed by atoms with van der Waals surface area (Å²) in [6.45, 7) is 1.89. The summed E-state index contributed by atoms with van der Waals surface area (Å²) in [6, 6.07) is -0.107. The van der Waals surface area contributed by atoms with Crippen LogP contribution in [0, 0.1) is 0 Å². The molecular weight excluding hydrogens is 240 g/mol. The van der Waals surface area contributed by atoms with Gasteiger partial charge in [0.2, 0.25) is 0 Å². The number of aromatic carboxylic acids is 1. The van der Waals surface area contributed by atoms with Crippen LogP contribution in [-0.2, 0) is 0 Å². The summed E-state index contributed by atoms with van der Waals surface area (Å²) in [5, 5.41) is 14.1. The first kappa shape index (κ1) is 11.5. The van der Waals surface area contributed by atoms with Crippen LogP contribution in [-0.4, -0.2) is 26.0 Å². The molecule has 2 heterocycles. The van der Waals surface area contributed by atoms with E-state index >= 15 is 0 Å². The summed E-state index contributed by atoms with van der Waals surface area (Å²) < 4.78 is 0. The van der Waals surface area contributed by atoms with E-state index in [0.717, 1.165) is 0 Å². The van der Waals surface area contributed by atoms with E-state index in [-0.39, 0.29) is 11.7 Å². The van der Waals surface area contributed by atoms with Crippen LogP contribution < -0.4 is 5.32 Å². The van der Waals surface area contributed by atoms with Crippen LogP contribution in [0.5, 0.6) is 0 Å². The zero-order valence-electron chi connectivity index (χ0n) is 8.99. The molecule has 0 bridgehead atoms. The Balaban J connectivity index is 2.09.